The zero-order valence-corrected chi connectivity index (χ0v) is 13.5. The van der Waals surface area contributed by atoms with Gasteiger partial charge in [0.25, 0.3) is 5.56 Å². The third kappa shape index (κ3) is 2.89. The molecule has 0 amide bonds. The maximum atomic E-state index is 14.0. The zero-order chi connectivity index (χ0) is 17.4. The lowest BCUT2D eigenvalue weighted by molar-refractivity contribution is 0.613. The van der Waals surface area contributed by atoms with Gasteiger partial charge in [-0.25, -0.2) is 19.3 Å². The van der Waals surface area contributed by atoms with Crippen LogP contribution in [0.25, 0.3) is 17.2 Å². The van der Waals surface area contributed by atoms with Gasteiger partial charge >= 0.3 is 0 Å². The third-order valence-corrected chi connectivity index (χ3v) is 4.03. The van der Waals surface area contributed by atoms with Gasteiger partial charge < -0.3 is 9.38 Å². The van der Waals surface area contributed by atoms with E-state index in [-0.39, 0.29) is 23.1 Å². The van der Waals surface area contributed by atoms with E-state index in [2.05, 4.69) is 19.9 Å². The lowest BCUT2D eigenvalue weighted by Gasteiger charge is -2.08. The maximum absolute atomic E-state index is 14.0. The molecule has 3 heterocycles. The van der Waals surface area contributed by atoms with Crippen molar-refractivity contribution < 1.29 is 4.39 Å². The molecule has 0 aliphatic rings. The number of aromatic amines is 1. The van der Waals surface area contributed by atoms with Crippen LogP contribution in [0.5, 0.6) is 0 Å². The van der Waals surface area contributed by atoms with Gasteiger partial charge in [-0.1, -0.05) is 29.8 Å². The summed E-state index contributed by atoms with van der Waals surface area (Å²) in [5, 5.41) is -0.000890. The molecule has 0 aliphatic carbocycles. The van der Waals surface area contributed by atoms with Crippen LogP contribution in [0.15, 0.2) is 53.8 Å². The highest BCUT2D eigenvalue weighted by Gasteiger charge is 2.13. The molecule has 4 aromatic rings. The molecule has 3 aromatic heterocycles. The predicted molar refractivity (Wildman–Crippen MR) is 91.1 cm³/mol. The van der Waals surface area contributed by atoms with Gasteiger partial charge in [-0.15, -0.1) is 0 Å². The number of H-pyrrole nitrogens is 1. The van der Waals surface area contributed by atoms with Gasteiger partial charge in [-0.2, -0.15) is 0 Å². The van der Waals surface area contributed by atoms with Crippen LogP contribution in [0.4, 0.5) is 4.39 Å². The smallest absolute Gasteiger partial charge is 0.269 e. The van der Waals surface area contributed by atoms with Crippen LogP contribution in [-0.4, -0.2) is 24.3 Å². The Kier molecular flexibility index (Phi) is 3.77. The first kappa shape index (κ1) is 15.5. The van der Waals surface area contributed by atoms with E-state index in [1.54, 1.807) is 41.2 Å². The second-order valence-corrected chi connectivity index (χ2v) is 5.82. The van der Waals surface area contributed by atoms with Gasteiger partial charge in [-0.05, 0) is 11.6 Å². The number of hydrogen-bond acceptors (Lipinski definition) is 4. The number of fused-ring (bicyclic) bond motifs is 1. The van der Waals surface area contributed by atoms with Gasteiger partial charge in [0.1, 0.15) is 16.5 Å². The van der Waals surface area contributed by atoms with Crippen molar-refractivity contribution in [1.82, 2.24) is 24.3 Å². The van der Waals surface area contributed by atoms with Crippen LogP contribution in [0.3, 0.4) is 0 Å². The number of hydrogen-bond donors (Lipinski definition) is 1. The summed E-state index contributed by atoms with van der Waals surface area (Å²) < 4.78 is 15.7. The number of nitrogens with zero attached hydrogens (tertiary/aromatic N) is 4. The van der Waals surface area contributed by atoms with Crippen LogP contribution in [0.2, 0.25) is 5.02 Å². The Hall–Kier alpha value is -3.06. The first-order valence-corrected chi connectivity index (χ1v) is 7.81. The molecule has 124 valence electrons. The molecule has 4 rings (SSSR count). The Labute approximate surface area is 146 Å². The minimum Gasteiger partial charge on any atom is -0.304 e. The molecule has 0 saturated carbocycles. The first-order valence-electron chi connectivity index (χ1n) is 7.43. The summed E-state index contributed by atoms with van der Waals surface area (Å²) in [7, 11) is 0. The van der Waals surface area contributed by atoms with Gasteiger partial charge in [0.05, 0.1) is 11.9 Å². The van der Waals surface area contributed by atoms with E-state index in [1.807, 2.05) is 0 Å². The summed E-state index contributed by atoms with van der Waals surface area (Å²) in [5.41, 5.74) is 1.68. The van der Waals surface area contributed by atoms with Crippen molar-refractivity contribution in [2.45, 2.75) is 6.42 Å². The second-order valence-electron chi connectivity index (χ2n) is 5.41. The number of imidazole rings is 1. The molecule has 0 radical (unpaired) electrons. The fourth-order valence-electron chi connectivity index (χ4n) is 2.56. The van der Waals surface area contributed by atoms with Crippen molar-refractivity contribution in [3.05, 3.63) is 81.5 Å². The largest absolute Gasteiger partial charge is 0.304 e. The van der Waals surface area contributed by atoms with Crippen molar-refractivity contribution in [3.8, 4) is 11.5 Å². The van der Waals surface area contributed by atoms with Gasteiger partial charge in [-0.3, -0.25) is 4.79 Å². The topological polar surface area (TPSA) is 75.9 Å². The van der Waals surface area contributed by atoms with Gasteiger partial charge in [0.15, 0.2) is 11.5 Å². The summed E-state index contributed by atoms with van der Waals surface area (Å²) in [6.45, 7) is 0. The van der Waals surface area contributed by atoms with E-state index >= 15 is 0 Å². The van der Waals surface area contributed by atoms with Crippen molar-refractivity contribution in [2.24, 2.45) is 0 Å². The highest BCUT2D eigenvalue weighted by Crippen LogP contribution is 2.19. The monoisotopic (exact) mass is 355 g/mol. The Morgan fingerprint density at radius 2 is 2.08 bits per heavy atom. The summed E-state index contributed by atoms with van der Waals surface area (Å²) in [5.74, 6) is -0.0304. The minimum absolute atomic E-state index is 0.000890. The molecule has 1 aromatic carbocycles. The Bertz CT molecular complexity index is 1140. The van der Waals surface area contributed by atoms with Crippen LogP contribution >= 0.6 is 11.6 Å². The molecule has 0 unspecified atom stereocenters. The van der Waals surface area contributed by atoms with E-state index in [1.165, 1.54) is 12.3 Å². The van der Waals surface area contributed by atoms with Crippen LogP contribution in [0.1, 0.15) is 11.3 Å². The van der Waals surface area contributed by atoms with Crippen molar-refractivity contribution in [3.63, 3.8) is 0 Å². The maximum Gasteiger partial charge on any atom is 0.269 e. The average molecular weight is 356 g/mol. The normalized spacial score (nSPS) is 11.1. The highest BCUT2D eigenvalue weighted by atomic mass is 35.5. The molecule has 1 N–H and O–H groups in total. The summed E-state index contributed by atoms with van der Waals surface area (Å²) >= 11 is 5.72. The fourth-order valence-corrected chi connectivity index (χ4v) is 2.66. The molecule has 0 saturated heterocycles. The Morgan fingerprint density at radius 3 is 2.88 bits per heavy atom. The number of halogens is 2. The van der Waals surface area contributed by atoms with E-state index in [0.717, 1.165) is 0 Å². The van der Waals surface area contributed by atoms with E-state index in [4.69, 9.17) is 11.6 Å². The van der Waals surface area contributed by atoms with Crippen molar-refractivity contribution in [1.29, 1.82) is 0 Å². The molecule has 0 aliphatic heterocycles. The second kappa shape index (κ2) is 6.10. The fraction of sp³-hybridized carbons (Fsp3) is 0.0588. The molecular formula is C17H11ClFN5O. The third-order valence-electron chi connectivity index (χ3n) is 3.76. The molecule has 0 atom stereocenters. The number of aromatic nitrogens is 5. The zero-order valence-electron chi connectivity index (χ0n) is 12.8. The average Bonchev–Trinajstić information content (AvgIpc) is 3.08. The lowest BCUT2D eigenvalue weighted by atomic mass is 10.1. The van der Waals surface area contributed by atoms with Crippen LogP contribution in [-0.2, 0) is 6.42 Å². The van der Waals surface area contributed by atoms with Crippen molar-refractivity contribution >= 4 is 17.2 Å². The molecule has 25 heavy (non-hydrogen) atoms. The standard InChI is InChI=1S/C17H11ClFN5O/c18-11-8-21-15(23-17(11)25)14-9-24-6-5-20-16(24)13(22-14)7-10-3-1-2-4-12(10)19/h1-6,8-9H,7H2,(H,21,23,25). The molecule has 0 spiro atoms. The molecule has 6 nitrogen and oxygen atoms in total. The van der Waals surface area contributed by atoms with Gasteiger partial charge in [0, 0.05) is 25.0 Å². The Morgan fingerprint density at radius 1 is 1.24 bits per heavy atom. The SMILES string of the molecule is O=c1[nH]c(-c2cn3ccnc3c(Cc3ccccc3F)n2)ncc1Cl. The summed E-state index contributed by atoms with van der Waals surface area (Å²) in [4.78, 5) is 27.2. The summed E-state index contributed by atoms with van der Waals surface area (Å²) in [6.07, 6.45) is 6.60. The summed E-state index contributed by atoms with van der Waals surface area (Å²) in [6, 6.07) is 6.51. The molecule has 0 fully saturated rings. The molecular weight excluding hydrogens is 345 g/mol. The van der Waals surface area contributed by atoms with E-state index in [0.29, 0.717) is 22.6 Å². The van der Waals surface area contributed by atoms with Crippen molar-refractivity contribution in [2.75, 3.05) is 0 Å². The molecule has 0 bridgehead atoms. The highest BCUT2D eigenvalue weighted by molar-refractivity contribution is 6.30. The van der Waals surface area contributed by atoms with E-state index in [9.17, 15) is 9.18 Å². The van der Waals surface area contributed by atoms with Gasteiger partial charge in [0.2, 0.25) is 0 Å². The van der Waals surface area contributed by atoms with Crippen LogP contribution < -0.4 is 5.56 Å². The quantitative estimate of drug-likeness (QED) is 0.613. The minimum atomic E-state index is -0.449. The molecule has 8 heteroatoms. The van der Waals surface area contributed by atoms with Crippen LogP contribution in [0, 0.1) is 5.82 Å². The van der Waals surface area contributed by atoms with E-state index < -0.39 is 5.56 Å². The number of benzene rings is 1. The Balaban J connectivity index is 1.86. The number of nitrogens with one attached hydrogen (secondary N) is 1. The lowest BCUT2D eigenvalue weighted by Crippen LogP contribution is -2.10. The number of rotatable bonds is 3. The first-order chi connectivity index (χ1) is 12.1. The predicted octanol–water partition coefficient (Wildman–Crippen LogP) is 2.86.